The highest BCUT2D eigenvalue weighted by atomic mass is 16.3. The largest absolute Gasteiger partial charge is 0.393 e. The molecule has 0 heterocycles. The Morgan fingerprint density at radius 2 is 2.00 bits per heavy atom. The molecule has 0 aromatic carbocycles. The van der Waals surface area contributed by atoms with E-state index in [0.717, 1.165) is 25.7 Å². The van der Waals surface area contributed by atoms with Crippen LogP contribution in [0.3, 0.4) is 0 Å². The molecule has 0 aliphatic heterocycles. The predicted molar refractivity (Wildman–Crippen MR) is 50.0 cm³/mol. The van der Waals surface area contributed by atoms with Crippen LogP contribution in [0, 0.1) is 5.92 Å². The Morgan fingerprint density at radius 3 is 2.54 bits per heavy atom. The average molecular weight is 186 g/mol. The first kappa shape index (κ1) is 10.5. The summed E-state index contributed by atoms with van der Waals surface area (Å²) in [5.41, 5.74) is 5.27. The van der Waals surface area contributed by atoms with E-state index in [0.29, 0.717) is 13.1 Å². The number of nitrogens with two attached hydrogens (primary N) is 1. The van der Waals surface area contributed by atoms with E-state index >= 15 is 0 Å². The zero-order valence-electron chi connectivity index (χ0n) is 7.83. The first-order valence-corrected chi connectivity index (χ1v) is 4.90. The summed E-state index contributed by atoms with van der Waals surface area (Å²) in [6, 6.07) is 0. The zero-order chi connectivity index (χ0) is 9.68. The second kappa shape index (κ2) is 5.19. The zero-order valence-corrected chi connectivity index (χ0v) is 7.83. The minimum atomic E-state index is -0.196. The summed E-state index contributed by atoms with van der Waals surface area (Å²) in [5, 5.41) is 12.0. The Labute approximate surface area is 78.5 Å². The normalized spacial score (nSPS) is 28.5. The van der Waals surface area contributed by atoms with Crippen molar-refractivity contribution in [1.29, 1.82) is 0 Å². The topological polar surface area (TPSA) is 75.3 Å². The van der Waals surface area contributed by atoms with Gasteiger partial charge in [0.15, 0.2) is 0 Å². The summed E-state index contributed by atoms with van der Waals surface area (Å²) in [6.07, 6.45) is 2.91. The third-order valence-electron chi connectivity index (χ3n) is 2.51. The summed E-state index contributed by atoms with van der Waals surface area (Å²) in [5.74, 6) is 0.187. The molecule has 1 amide bonds. The third kappa shape index (κ3) is 3.32. The maximum absolute atomic E-state index is 11.4. The van der Waals surface area contributed by atoms with E-state index in [2.05, 4.69) is 5.32 Å². The van der Waals surface area contributed by atoms with Crippen molar-refractivity contribution in [1.82, 2.24) is 5.32 Å². The van der Waals surface area contributed by atoms with Crippen molar-refractivity contribution in [3.8, 4) is 0 Å². The fraction of sp³-hybridized carbons (Fsp3) is 0.889. The van der Waals surface area contributed by atoms with Crippen molar-refractivity contribution in [3.05, 3.63) is 0 Å². The Morgan fingerprint density at radius 1 is 1.38 bits per heavy atom. The number of amides is 1. The molecule has 0 bridgehead atoms. The van der Waals surface area contributed by atoms with Crippen LogP contribution in [0.25, 0.3) is 0 Å². The van der Waals surface area contributed by atoms with Crippen molar-refractivity contribution in [3.63, 3.8) is 0 Å². The van der Waals surface area contributed by atoms with E-state index < -0.39 is 0 Å². The monoisotopic (exact) mass is 186 g/mol. The smallest absolute Gasteiger partial charge is 0.223 e. The van der Waals surface area contributed by atoms with E-state index in [9.17, 15) is 9.90 Å². The van der Waals surface area contributed by atoms with Crippen LogP contribution < -0.4 is 11.1 Å². The minimum Gasteiger partial charge on any atom is -0.393 e. The second-order valence-electron chi connectivity index (χ2n) is 3.59. The van der Waals surface area contributed by atoms with Crippen LogP contribution in [-0.2, 0) is 4.79 Å². The molecule has 4 N–H and O–H groups in total. The third-order valence-corrected chi connectivity index (χ3v) is 2.51. The van der Waals surface area contributed by atoms with Gasteiger partial charge in [0.2, 0.25) is 5.91 Å². The molecular weight excluding hydrogens is 168 g/mol. The second-order valence-corrected chi connectivity index (χ2v) is 3.59. The predicted octanol–water partition coefficient (Wildman–Crippen LogP) is -0.388. The van der Waals surface area contributed by atoms with Crippen LogP contribution in [-0.4, -0.2) is 30.2 Å². The van der Waals surface area contributed by atoms with Gasteiger partial charge >= 0.3 is 0 Å². The Bertz CT molecular complexity index is 165. The minimum absolute atomic E-state index is 0.0925. The summed E-state index contributed by atoms with van der Waals surface area (Å²) < 4.78 is 0. The molecule has 0 unspecified atom stereocenters. The summed E-state index contributed by atoms with van der Waals surface area (Å²) in [6.45, 7) is 1.04. The van der Waals surface area contributed by atoms with Crippen molar-refractivity contribution in [2.75, 3.05) is 13.1 Å². The number of hydrogen-bond donors (Lipinski definition) is 3. The lowest BCUT2D eigenvalue weighted by Gasteiger charge is -2.24. The SMILES string of the molecule is NCCNC(=O)C1CCC(O)CC1. The van der Waals surface area contributed by atoms with Gasteiger partial charge in [0, 0.05) is 19.0 Å². The maximum atomic E-state index is 11.4. The first-order chi connectivity index (χ1) is 6.24. The molecule has 0 aromatic heterocycles. The quantitative estimate of drug-likeness (QED) is 0.562. The molecule has 76 valence electrons. The van der Waals surface area contributed by atoms with Crippen LogP contribution >= 0.6 is 0 Å². The standard InChI is InChI=1S/C9H18N2O2/c10-5-6-11-9(13)7-1-3-8(12)4-2-7/h7-8,12H,1-6,10H2,(H,11,13). The molecular formula is C9H18N2O2. The van der Waals surface area contributed by atoms with E-state index in [-0.39, 0.29) is 17.9 Å². The van der Waals surface area contributed by atoms with Crippen molar-refractivity contribution < 1.29 is 9.90 Å². The fourth-order valence-corrected chi connectivity index (χ4v) is 1.68. The lowest BCUT2D eigenvalue weighted by molar-refractivity contribution is -0.126. The van der Waals surface area contributed by atoms with Crippen LogP contribution in [0.4, 0.5) is 0 Å². The van der Waals surface area contributed by atoms with Gasteiger partial charge in [-0.05, 0) is 25.7 Å². The molecule has 0 aromatic rings. The summed E-state index contributed by atoms with van der Waals surface area (Å²) in [4.78, 5) is 11.4. The van der Waals surface area contributed by atoms with Crippen LogP contribution in [0.15, 0.2) is 0 Å². The lowest BCUT2D eigenvalue weighted by Crippen LogP contribution is -2.36. The molecule has 4 heteroatoms. The molecule has 13 heavy (non-hydrogen) atoms. The number of rotatable bonds is 3. The first-order valence-electron chi connectivity index (χ1n) is 4.90. The van der Waals surface area contributed by atoms with Gasteiger partial charge in [-0.2, -0.15) is 0 Å². The van der Waals surface area contributed by atoms with Gasteiger partial charge in [0.25, 0.3) is 0 Å². The molecule has 1 rings (SSSR count). The van der Waals surface area contributed by atoms with Gasteiger partial charge in [-0.25, -0.2) is 0 Å². The fourth-order valence-electron chi connectivity index (χ4n) is 1.68. The van der Waals surface area contributed by atoms with E-state index in [1.807, 2.05) is 0 Å². The van der Waals surface area contributed by atoms with Gasteiger partial charge in [0.1, 0.15) is 0 Å². The Kier molecular flexibility index (Phi) is 4.18. The molecule has 0 atom stereocenters. The molecule has 0 saturated heterocycles. The molecule has 1 aliphatic rings. The highest BCUT2D eigenvalue weighted by molar-refractivity contribution is 5.78. The van der Waals surface area contributed by atoms with Crippen LogP contribution in [0.1, 0.15) is 25.7 Å². The van der Waals surface area contributed by atoms with E-state index in [1.165, 1.54) is 0 Å². The number of hydrogen-bond acceptors (Lipinski definition) is 3. The highest BCUT2D eigenvalue weighted by Gasteiger charge is 2.24. The summed E-state index contributed by atoms with van der Waals surface area (Å²) in [7, 11) is 0. The molecule has 0 radical (unpaired) electrons. The number of aliphatic hydroxyl groups excluding tert-OH is 1. The van der Waals surface area contributed by atoms with Crippen molar-refractivity contribution >= 4 is 5.91 Å². The molecule has 1 saturated carbocycles. The summed E-state index contributed by atoms with van der Waals surface area (Å²) >= 11 is 0. The molecule has 1 aliphatic carbocycles. The number of carbonyl (C=O) groups excluding carboxylic acids is 1. The number of aliphatic hydroxyl groups is 1. The van der Waals surface area contributed by atoms with Gasteiger partial charge in [-0.3, -0.25) is 4.79 Å². The highest BCUT2D eigenvalue weighted by Crippen LogP contribution is 2.23. The molecule has 1 fully saturated rings. The van der Waals surface area contributed by atoms with Gasteiger partial charge in [-0.1, -0.05) is 0 Å². The Balaban J connectivity index is 2.23. The van der Waals surface area contributed by atoms with Crippen molar-refractivity contribution in [2.45, 2.75) is 31.8 Å². The van der Waals surface area contributed by atoms with Crippen LogP contribution in [0.2, 0.25) is 0 Å². The van der Waals surface area contributed by atoms with Gasteiger partial charge in [-0.15, -0.1) is 0 Å². The maximum Gasteiger partial charge on any atom is 0.223 e. The molecule has 0 spiro atoms. The van der Waals surface area contributed by atoms with Crippen LogP contribution in [0.5, 0.6) is 0 Å². The van der Waals surface area contributed by atoms with Crippen molar-refractivity contribution in [2.24, 2.45) is 11.7 Å². The van der Waals surface area contributed by atoms with Gasteiger partial charge in [0.05, 0.1) is 6.10 Å². The molecule has 4 nitrogen and oxygen atoms in total. The lowest BCUT2D eigenvalue weighted by atomic mass is 9.87. The van der Waals surface area contributed by atoms with E-state index in [1.54, 1.807) is 0 Å². The number of carbonyl (C=O) groups is 1. The van der Waals surface area contributed by atoms with Gasteiger partial charge < -0.3 is 16.2 Å². The Hall–Kier alpha value is -0.610. The number of nitrogens with one attached hydrogen (secondary N) is 1. The van der Waals surface area contributed by atoms with E-state index in [4.69, 9.17) is 5.73 Å². The average Bonchev–Trinajstić information content (AvgIpc) is 2.15.